The van der Waals surface area contributed by atoms with Gasteiger partial charge in [0.15, 0.2) is 0 Å². The number of nitrogens with one attached hydrogen (secondary N) is 1. The SMILES string of the molecule is Cc1ccccc1Sc1ccc(CNCC(C)C)cc1F. The van der Waals surface area contributed by atoms with Crippen molar-refractivity contribution in [3.8, 4) is 0 Å². The van der Waals surface area contributed by atoms with Gasteiger partial charge in [0.05, 0.1) is 0 Å². The normalized spacial score (nSPS) is 11.1. The second-order valence-electron chi connectivity index (χ2n) is 5.66. The highest BCUT2D eigenvalue weighted by atomic mass is 32.2. The van der Waals surface area contributed by atoms with Crippen LogP contribution in [0.25, 0.3) is 0 Å². The number of rotatable bonds is 6. The van der Waals surface area contributed by atoms with Crippen LogP contribution in [0.2, 0.25) is 0 Å². The van der Waals surface area contributed by atoms with Gasteiger partial charge in [-0.05, 0) is 48.7 Å². The van der Waals surface area contributed by atoms with Crippen molar-refractivity contribution in [1.82, 2.24) is 5.32 Å². The average Bonchev–Trinajstić information content (AvgIpc) is 2.43. The predicted molar refractivity (Wildman–Crippen MR) is 88.2 cm³/mol. The summed E-state index contributed by atoms with van der Waals surface area (Å²) in [5, 5.41) is 3.33. The molecule has 0 aliphatic heterocycles. The summed E-state index contributed by atoms with van der Waals surface area (Å²) in [6, 6.07) is 13.6. The van der Waals surface area contributed by atoms with Crippen LogP contribution in [0.3, 0.4) is 0 Å². The molecule has 0 aliphatic carbocycles. The standard InChI is InChI=1S/C18H22FNS/c1-13(2)11-20-12-15-8-9-18(16(19)10-15)21-17-7-5-4-6-14(17)3/h4-10,13,20H,11-12H2,1-3H3. The van der Waals surface area contributed by atoms with Gasteiger partial charge in [0.1, 0.15) is 5.82 Å². The fraction of sp³-hybridized carbons (Fsp3) is 0.333. The Balaban J connectivity index is 2.04. The lowest BCUT2D eigenvalue weighted by Crippen LogP contribution is -2.18. The van der Waals surface area contributed by atoms with E-state index in [-0.39, 0.29) is 5.82 Å². The Bertz CT molecular complexity index is 596. The molecule has 0 spiro atoms. The molecule has 0 radical (unpaired) electrons. The molecule has 0 fully saturated rings. The third-order valence-electron chi connectivity index (χ3n) is 3.19. The molecule has 0 atom stereocenters. The van der Waals surface area contributed by atoms with Crippen molar-refractivity contribution in [2.75, 3.05) is 6.54 Å². The Morgan fingerprint density at radius 2 is 1.86 bits per heavy atom. The molecule has 0 heterocycles. The molecule has 1 nitrogen and oxygen atoms in total. The quantitative estimate of drug-likeness (QED) is 0.803. The maximum absolute atomic E-state index is 14.2. The van der Waals surface area contributed by atoms with E-state index in [0.717, 1.165) is 17.0 Å². The van der Waals surface area contributed by atoms with Crippen LogP contribution in [0.1, 0.15) is 25.0 Å². The summed E-state index contributed by atoms with van der Waals surface area (Å²) >= 11 is 1.48. The van der Waals surface area contributed by atoms with E-state index in [4.69, 9.17) is 0 Å². The molecule has 2 aromatic rings. The number of hydrogen-bond acceptors (Lipinski definition) is 2. The van der Waals surface area contributed by atoms with Crippen molar-refractivity contribution in [2.45, 2.75) is 37.1 Å². The second kappa shape index (κ2) is 7.62. The van der Waals surface area contributed by atoms with Gasteiger partial charge in [-0.1, -0.05) is 49.9 Å². The van der Waals surface area contributed by atoms with Gasteiger partial charge in [0.25, 0.3) is 0 Å². The molecule has 0 saturated heterocycles. The van der Waals surface area contributed by atoms with Crippen molar-refractivity contribution in [3.63, 3.8) is 0 Å². The van der Waals surface area contributed by atoms with Crippen molar-refractivity contribution < 1.29 is 4.39 Å². The summed E-state index contributed by atoms with van der Waals surface area (Å²) in [7, 11) is 0. The number of halogens is 1. The van der Waals surface area contributed by atoms with E-state index in [0.29, 0.717) is 17.4 Å². The first-order valence-electron chi connectivity index (χ1n) is 7.29. The summed E-state index contributed by atoms with van der Waals surface area (Å²) in [6.45, 7) is 8.03. The van der Waals surface area contributed by atoms with E-state index < -0.39 is 0 Å². The highest BCUT2D eigenvalue weighted by Crippen LogP contribution is 2.32. The first-order chi connectivity index (χ1) is 10.1. The summed E-state index contributed by atoms with van der Waals surface area (Å²) in [5.74, 6) is 0.456. The van der Waals surface area contributed by atoms with E-state index >= 15 is 0 Å². The third kappa shape index (κ3) is 4.87. The van der Waals surface area contributed by atoms with E-state index in [9.17, 15) is 4.39 Å². The van der Waals surface area contributed by atoms with Gasteiger partial charge in [-0.3, -0.25) is 0 Å². The lowest BCUT2D eigenvalue weighted by atomic mass is 10.2. The van der Waals surface area contributed by atoms with Crippen LogP contribution in [-0.4, -0.2) is 6.54 Å². The molecule has 0 saturated carbocycles. The van der Waals surface area contributed by atoms with Gasteiger partial charge < -0.3 is 5.32 Å². The van der Waals surface area contributed by atoms with Gasteiger partial charge in [-0.15, -0.1) is 0 Å². The molecular formula is C18H22FNS. The zero-order valence-electron chi connectivity index (χ0n) is 12.8. The minimum absolute atomic E-state index is 0.146. The molecule has 112 valence electrons. The highest BCUT2D eigenvalue weighted by Gasteiger charge is 2.07. The number of benzene rings is 2. The topological polar surface area (TPSA) is 12.0 Å². The molecule has 0 bridgehead atoms. The van der Waals surface area contributed by atoms with E-state index in [2.05, 4.69) is 19.2 Å². The van der Waals surface area contributed by atoms with Crippen molar-refractivity contribution >= 4 is 11.8 Å². The van der Waals surface area contributed by atoms with Crippen LogP contribution >= 0.6 is 11.8 Å². The van der Waals surface area contributed by atoms with Crippen LogP contribution in [0, 0.1) is 18.7 Å². The Kier molecular flexibility index (Phi) is 5.83. The first-order valence-corrected chi connectivity index (χ1v) is 8.10. The Labute approximate surface area is 131 Å². The van der Waals surface area contributed by atoms with Gasteiger partial charge in [-0.2, -0.15) is 0 Å². The second-order valence-corrected chi connectivity index (χ2v) is 6.74. The first kappa shape index (κ1) is 16.1. The molecule has 2 aromatic carbocycles. The zero-order valence-corrected chi connectivity index (χ0v) is 13.6. The third-order valence-corrected chi connectivity index (χ3v) is 4.42. The van der Waals surface area contributed by atoms with E-state index in [1.807, 2.05) is 43.3 Å². The summed E-state index contributed by atoms with van der Waals surface area (Å²) < 4.78 is 14.2. The Hall–Kier alpha value is -1.32. The molecule has 0 aliphatic rings. The molecule has 1 N–H and O–H groups in total. The lowest BCUT2D eigenvalue weighted by Gasteiger charge is -2.10. The van der Waals surface area contributed by atoms with Crippen molar-refractivity contribution in [3.05, 3.63) is 59.4 Å². The van der Waals surface area contributed by atoms with Gasteiger partial charge >= 0.3 is 0 Å². The smallest absolute Gasteiger partial charge is 0.137 e. The molecule has 0 unspecified atom stereocenters. The Morgan fingerprint density at radius 3 is 2.52 bits per heavy atom. The van der Waals surface area contributed by atoms with Crippen LogP contribution in [0.5, 0.6) is 0 Å². The van der Waals surface area contributed by atoms with Gasteiger partial charge in [0, 0.05) is 16.3 Å². The maximum Gasteiger partial charge on any atom is 0.137 e. The molecule has 0 amide bonds. The van der Waals surface area contributed by atoms with Crippen LogP contribution in [0.4, 0.5) is 4.39 Å². The minimum atomic E-state index is -0.146. The largest absolute Gasteiger partial charge is 0.312 e. The molecular weight excluding hydrogens is 281 g/mol. The van der Waals surface area contributed by atoms with Gasteiger partial charge in [-0.25, -0.2) is 4.39 Å². The number of aryl methyl sites for hydroxylation is 1. The van der Waals surface area contributed by atoms with E-state index in [1.54, 1.807) is 6.07 Å². The molecule has 0 aromatic heterocycles. The van der Waals surface area contributed by atoms with Crippen LogP contribution in [-0.2, 0) is 6.54 Å². The lowest BCUT2D eigenvalue weighted by molar-refractivity contribution is 0.548. The predicted octanol–water partition coefficient (Wildman–Crippen LogP) is 5.03. The van der Waals surface area contributed by atoms with Crippen molar-refractivity contribution in [2.24, 2.45) is 5.92 Å². The fourth-order valence-corrected chi connectivity index (χ4v) is 2.94. The molecule has 2 rings (SSSR count). The van der Waals surface area contributed by atoms with Crippen LogP contribution < -0.4 is 5.32 Å². The highest BCUT2D eigenvalue weighted by molar-refractivity contribution is 7.99. The van der Waals surface area contributed by atoms with Crippen LogP contribution in [0.15, 0.2) is 52.3 Å². The number of hydrogen-bond donors (Lipinski definition) is 1. The summed E-state index contributed by atoms with van der Waals surface area (Å²) in [6.07, 6.45) is 0. The Morgan fingerprint density at radius 1 is 1.10 bits per heavy atom. The fourth-order valence-electron chi connectivity index (χ4n) is 2.03. The van der Waals surface area contributed by atoms with E-state index in [1.165, 1.54) is 17.3 Å². The summed E-state index contributed by atoms with van der Waals surface area (Å²) in [4.78, 5) is 1.78. The van der Waals surface area contributed by atoms with Crippen molar-refractivity contribution in [1.29, 1.82) is 0 Å². The minimum Gasteiger partial charge on any atom is -0.312 e. The molecule has 21 heavy (non-hydrogen) atoms. The zero-order chi connectivity index (χ0) is 15.2. The maximum atomic E-state index is 14.2. The molecule has 3 heteroatoms. The average molecular weight is 303 g/mol. The monoisotopic (exact) mass is 303 g/mol. The summed E-state index contributed by atoms with van der Waals surface area (Å²) in [5.41, 5.74) is 2.16. The van der Waals surface area contributed by atoms with Gasteiger partial charge in [0.2, 0.25) is 0 Å².